The predicted octanol–water partition coefficient (Wildman–Crippen LogP) is 3.95. The fourth-order valence-corrected chi connectivity index (χ4v) is 3.60. The number of phenolic OH excluding ortho intramolecular Hbond substituents is 1. The van der Waals surface area contributed by atoms with Gasteiger partial charge in [-0.2, -0.15) is 0 Å². The Balaban J connectivity index is 2.26. The summed E-state index contributed by atoms with van der Waals surface area (Å²) in [4.78, 5) is 10.9. The smallest absolute Gasteiger partial charge is 0.320 e. The molecule has 0 amide bonds. The number of carbonyl (C=O) groups is 1. The van der Waals surface area contributed by atoms with Crippen molar-refractivity contribution in [2.75, 3.05) is 0 Å². The minimum absolute atomic E-state index is 0.209. The van der Waals surface area contributed by atoms with E-state index in [1.165, 1.54) is 0 Å². The quantitative estimate of drug-likeness (QED) is 0.427. The first-order chi connectivity index (χ1) is 10.8. The predicted molar refractivity (Wildman–Crippen MR) is 112 cm³/mol. The van der Waals surface area contributed by atoms with Gasteiger partial charge in [-0.3, -0.25) is 4.79 Å². The minimum atomic E-state index is -1.02. The summed E-state index contributed by atoms with van der Waals surface area (Å²) in [7, 11) is 0. The third kappa shape index (κ3) is 4.82. The Bertz CT molecular complexity index is 752. The Kier molecular flexibility index (Phi) is 6.74. The molecular weight excluding hydrogens is 639 g/mol. The van der Waals surface area contributed by atoms with Crippen LogP contribution in [0.2, 0.25) is 0 Å². The zero-order chi connectivity index (χ0) is 17.1. The number of rotatable bonds is 5. The van der Waals surface area contributed by atoms with E-state index in [2.05, 4.69) is 45.2 Å². The van der Waals surface area contributed by atoms with Crippen molar-refractivity contribution in [3.05, 3.63) is 46.6 Å². The highest BCUT2D eigenvalue weighted by Crippen LogP contribution is 2.34. The third-order valence-electron chi connectivity index (χ3n) is 3.03. The van der Waals surface area contributed by atoms with Crippen LogP contribution < -0.4 is 10.5 Å². The van der Waals surface area contributed by atoms with E-state index in [-0.39, 0.29) is 12.2 Å². The van der Waals surface area contributed by atoms with E-state index in [9.17, 15) is 9.90 Å². The summed E-state index contributed by atoms with van der Waals surface area (Å²) in [5.41, 5.74) is 6.47. The summed E-state index contributed by atoms with van der Waals surface area (Å²) in [6.07, 6.45) is 0.265. The lowest BCUT2D eigenvalue weighted by Gasteiger charge is -2.14. The second-order valence-corrected chi connectivity index (χ2v) is 8.03. The molecule has 0 unspecified atom stereocenters. The minimum Gasteiger partial charge on any atom is -0.507 e. The fourth-order valence-electron chi connectivity index (χ4n) is 1.81. The summed E-state index contributed by atoms with van der Waals surface area (Å²) >= 11 is 6.36. The first-order valence-corrected chi connectivity index (χ1v) is 9.65. The second-order valence-electron chi connectivity index (χ2n) is 4.71. The monoisotopic (exact) mass is 651 g/mol. The number of aromatic hydroxyl groups is 1. The number of hydrogen-bond donors (Lipinski definition) is 3. The zero-order valence-corrected chi connectivity index (χ0v) is 18.1. The number of carboxylic acid groups (broad SMARTS) is 1. The molecule has 0 saturated heterocycles. The molecule has 5 nitrogen and oxygen atoms in total. The number of hydrogen-bond acceptors (Lipinski definition) is 4. The largest absolute Gasteiger partial charge is 0.507 e. The number of carboxylic acids is 1. The van der Waals surface area contributed by atoms with Crippen molar-refractivity contribution in [3.8, 4) is 17.2 Å². The van der Waals surface area contributed by atoms with Crippen molar-refractivity contribution in [2.24, 2.45) is 5.73 Å². The lowest BCUT2D eigenvalue weighted by Crippen LogP contribution is -2.32. The van der Waals surface area contributed by atoms with Gasteiger partial charge in [0.1, 0.15) is 23.3 Å². The van der Waals surface area contributed by atoms with Gasteiger partial charge in [0.05, 0.1) is 7.14 Å². The third-order valence-corrected chi connectivity index (χ3v) is 7.23. The summed E-state index contributed by atoms with van der Waals surface area (Å²) in [5, 5.41) is 18.5. The molecule has 23 heavy (non-hydrogen) atoms. The molecule has 1 atom stereocenters. The van der Waals surface area contributed by atoms with Crippen molar-refractivity contribution in [2.45, 2.75) is 12.5 Å². The Labute approximate surface area is 174 Å². The molecule has 0 aliphatic rings. The van der Waals surface area contributed by atoms with Crippen molar-refractivity contribution >= 4 is 73.7 Å². The van der Waals surface area contributed by atoms with Gasteiger partial charge in [-0.05, 0) is 104 Å². The topological polar surface area (TPSA) is 92.8 Å². The molecule has 8 heteroatoms. The number of phenols is 1. The van der Waals surface area contributed by atoms with Crippen LogP contribution in [0, 0.1) is 10.7 Å². The highest BCUT2D eigenvalue weighted by atomic mass is 127. The molecule has 0 aromatic heterocycles. The zero-order valence-electron chi connectivity index (χ0n) is 11.6. The van der Waals surface area contributed by atoms with Crippen LogP contribution in [0.5, 0.6) is 17.2 Å². The summed E-state index contributed by atoms with van der Waals surface area (Å²) < 4.78 is 8.37. The van der Waals surface area contributed by atoms with Gasteiger partial charge in [0.25, 0.3) is 0 Å². The van der Waals surface area contributed by atoms with Crippen molar-refractivity contribution < 1.29 is 19.7 Å². The first kappa shape index (κ1) is 19.0. The summed E-state index contributed by atoms with van der Waals surface area (Å²) in [5.74, 6) is 0.482. The SMILES string of the molecule is N[C@@H](Cc1ccc(Oc2ccc(O)c(I)c2)c(I)c1I)C(=O)O. The highest BCUT2D eigenvalue weighted by Gasteiger charge is 2.17. The number of halogens is 3. The van der Waals surface area contributed by atoms with Crippen LogP contribution in [0.1, 0.15) is 5.56 Å². The molecule has 2 aromatic carbocycles. The number of benzene rings is 2. The average Bonchev–Trinajstić information content (AvgIpc) is 2.50. The van der Waals surface area contributed by atoms with Gasteiger partial charge in [-0.1, -0.05) is 6.07 Å². The molecule has 0 aliphatic carbocycles. The van der Waals surface area contributed by atoms with Crippen molar-refractivity contribution in [1.29, 1.82) is 0 Å². The molecule has 0 heterocycles. The van der Waals surface area contributed by atoms with Crippen LogP contribution in [0.25, 0.3) is 0 Å². The van der Waals surface area contributed by atoms with Gasteiger partial charge in [-0.25, -0.2) is 0 Å². The van der Waals surface area contributed by atoms with E-state index in [1.54, 1.807) is 24.3 Å². The number of aliphatic carboxylic acids is 1. The molecular formula is C15H12I3NO4. The first-order valence-electron chi connectivity index (χ1n) is 6.41. The molecule has 122 valence electrons. The number of ether oxygens (including phenoxy) is 1. The van der Waals surface area contributed by atoms with Crippen LogP contribution in [-0.2, 0) is 11.2 Å². The van der Waals surface area contributed by atoms with Crippen molar-refractivity contribution in [3.63, 3.8) is 0 Å². The Morgan fingerprint density at radius 2 is 1.87 bits per heavy atom. The molecule has 0 aliphatic heterocycles. The molecule has 0 spiro atoms. The maximum atomic E-state index is 10.9. The second kappa shape index (κ2) is 8.16. The van der Waals surface area contributed by atoms with Crippen LogP contribution in [0.3, 0.4) is 0 Å². The average molecular weight is 651 g/mol. The van der Waals surface area contributed by atoms with E-state index in [0.29, 0.717) is 15.1 Å². The fraction of sp³-hybridized carbons (Fsp3) is 0.133. The summed E-state index contributed by atoms with van der Waals surface area (Å²) in [6, 6.07) is 7.71. The maximum Gasteiger partial charge on any atom is 0.320 e. The van der Waals surface area contributed by atoms with E-state index in [1.807, 2.05) is 28.7 Å². The van der Waals surface area contributed by atoms with Crippen LogP contribution in [0.15, 0.2) is 30.3 Å². The van der Waals surface area contributed by atoms with Crippen molar-refractivity contribution in [1.82, 2.24) is 0 Å². The summed E-state index contributed by atoms with van der Waals surface area (Å²) in [6.45, 7) is 0. The van der Waals surface area contributed by atoms with Crippen LogP contribution >= 0.6 is 67.8 Å². The van der Waals surface area contributed by atoms with Gasteiger partial charge in [0, 0.05) is 3.57 Å². The van der Waals surface area contributed by atoms with Gasteiger partial charge in [-0.15, -0.1) is 0 Å². The Morgan fingerprint density at radius 3 is 2.48 bits per heavy atom. The highest BCUT2D eigenvalue weighted by molar-refractivity contribution is 14.1. The molecule has 2 rings (SSSR count). The molecule has 0 bridgehead atoms. The van der Waals surface area contributed by atoms with Gasteiger partial charge in [0.15, 0.2) is 0 Å². The standard InChI is InChI=1S/C15H12I3NO4/c16-9-6-8(2-3-11(9)20)23-12-4-1-7(13(17)14(12)18)5-10(19)15(21)22/h1-4,6,10,20H,5,19H2,(H,21,22)/t10-/m0/s1. The molecule has 0 fully saturated rings. The van der Waals surface area contributed by atoms with E-state index in [0.717, 1.165) is 12.7 Å². The van der Waals surface area contributed by atoms with Gasteiger partial charge >= 0.3 is 5.97 Å². The van der Waals surface area contributed by atoms with E-state index in [4.69, 9.17) is 15.6 Å². The maximum absolute atomic E-state index is 10.9. The van der Waals surface area contributed by atoms with Gasteiger partial charge in [0.2, 0.25) is 0 Å². The Hall–Kier alpha value is -0.340. The molecule has 4 N–H and O–H groups in total. The molecule has 0 saturated carbocycles. The Morgan fingerprint density at radius 1 is 1.17 bits per heavy atom. The normalized spacial score (nSPS) is 12.0. The lowest BCUT2D eigenvalue weighted by atomic mass is 10.1. The van der Waals surface area contributed by atoms with Crippen LogP contribution in [-0.4, -0.2) is 22.2 Å². The van der Waals surface area contributed by atoms with E-state index >= 15 is 0 Å². The van der Waals surface area contributed by atoms with Crippen LogP contribution in [0.4, 0.5) is 0 Å². The number of nitrogens with two attached hydrogens (primary N) is 1. The van der Waals surface area contributed by atoms with E-state index < -0.39 is 12.0 Å². The lowest BCUT2D eigenvalue weighted by molar-refractivity contribution is -0.138. The molecule has 2 aromatic rings. The van der Waals surface area contributed by atoms with Gasteiger partial charge < -0.3 is 20.7 Å². The molecule has 0 radical (unpaired) electrons.